The average molecular weight is 442 g/mol. The van der Waals surface area contributed by atoms with Gasteiger partial charge in [0, 0.05) is 31.0 Å². The van der Waals surface area contributed by atoms with E-state index in [9.17, 15) is 4.79 Å². The van der Waals surface area contributed by atoms with E-state index in [1.165, 1.54) is 5.52 Å². The molecule has 166 valence electrons. The van der Waals surface area contributed by atoms with Crippen LogP contribution < -0.4 is 10.1 Å². The van der Waals surface area contributed by atoms with Crippen molar-refractivity contribution in [2.24, 2.45) is 0 Å². The maximum atomic E-state index is 11.3. The van der Waals surface area contributed by atoms with Gasteiger partial charge in [0.15, 0.2) is 0 Å². The molecule has 0 aliphatic carbocycles. The first-order valence-electron chi connectivity index (χ1n) is 11.2. The summed E-state index contributed by atoms with van der Waals surface area (Å²) in [5.41, 5.74) is 3.24. The zero-order valence-electron chi connectivity index (χ0n) is 18.5. The number of nitrogens with one attached hydrogen (secondary N) is 1. The average Bonchev–Trinajstić information content (AvgIpc) is 3.13. The summed E-state index contributed by atoms with van der Waals surface area (Å²) in [5.74, 6) is 2.10. The van der Waals surface area contributed by atoms with Crippen LogP contribution in [0.2, 0.25) is 5.02 Å². The number of imidazole rings is 1. The molecule has 0 radical (unpaired) electrons. The number of ether oxygens (including phenoxy) is 1. The fourth-order valence-electron chi connectivity index (χ4n) is 3.62. The van der Waals surface area contributed by atoms with Crippen molar-refractivity contribution in [2.75, 3.05) is 13.2 Å². The van der Waals surface area contributed by atoms with E-state index in [2.05, 4.69) is 28.1 Å². The van der Waals surface area contributed by atoms with Crippen molar-refractivity contribution in [1.82, 2.24) is 14.9 Å². The van der Waals surface area contributed by atoms with E-state index >= 15 is 0 Å². The van der Waals surface area contributed by atoms with Crippen molar-refractivity contribution in [3.8, 4) is 5.75 Å². The quantitative estimate of drug-likeness (QED) is 0.366. The van der Waals surface area contributed by atoms with Crippen LogP contribution in [0, 0.1) is 6.92 Å². The first-order chi connectivity index (χ1) is 15.1. The van der Waals surface area contributed by atoms with Crippen LogP contribution >= 0.6 is 11.6 Å². The van der Waals surface area contributed by atoms with Crippen molar-refractivity contribution in [2.45, 2.75) is 58.9 Å². The summed E-state index contributed by atoms with van der Waals surface area (Å²) < 4.78 is 8.24. The first-order valence-corrected chi connectivity index (χ1v) is 11.6. The number of benzene rings is 2. The highest BCUT2D eigenvalue weighted by Gasteiger charge is 2.10. The molecule has 1 amide bonds. The second-order valence-electron chi connectivity index (χ2n) is 7.80. The monoisotopic (exact) mass is 441 g/mol. The topological polar surface area (TPSA) is 56.2 Å². The van der Waals surface area contributed by atoms with Crippen LogP contribution in [0.15, 0.2) is 42.5 Å². The highest BCUT2D eigenvalue weighted by molar-refractivity contribution is 6.31. The largest absolute Gasteiger partial charge is 0.494 e. The normalized spacial score (nSPS) is 11.1. The van der Waals surface area contributed by atoms with Crippen LogP contribution in [0.5, 0.6) is 5.75 Å². The van der Waals surface area contributed by atoms with Crippen LogP contribution in [0.4, 0.5) is 0 Å². The van der Waals surface area contributed by atoms with Gasteiger partial charge in [-0.25, -0.2) is 4.98 Å². The molecule has 3 rings (SSSR count). The van der Waals surface area contributed by atoms with Gasteiger partial charge in [0.25, 0.3) is 0 Å². The van der Waals surface area contributed by atoms with Crippen molar-refractivity contribution >= 4 is 28.5 Å². The van der Waals surface area contributed by atoms with Crippen molar-refractivity contribution in [3.05, 3.63) is 58.9 Å². The van der Waals surface area contributed by atoms with Gasteiger partial charge in [-0.2, -0.15) is 0 Å². The second-order valence-corrected chi connectivity index (χ2v) is 8.20. The fourth-order valence-corrected chi connectivity index (χ4v) is 3.74. The summed E-state index contributed by atoms with van der Waals surface area (Å²) in [5, 5.41) is 3.70. The lowest BCUT2D eigenvalue weighted by Gasteiger charge is -2.11. The maximum absolute atomic E-state index is 11.3. The van der Waals surface area contributed by atoms with Crippen molar-refractivity contribution < 1.29 is 9.53 Å². The minimum Gasteiger partial charge on any atom is -0.494 e. The summed E-state index contributed by atoms with van der Waals surface area (Å²) in [7, 11) is 0. The molecule has 0 atom stereocenters. The number of hydrogen-bond donors (Lipinski definition) is 1. The van der Waals surface area contributed by atoms with E-state index in [0.29, 0.717) is 13.0 Å². The van der Waals surface area contributed by atoms with Gasteiger partial charge >= 0.3 is 0 Å². The van der Waals surface area contributed by atoms with Gasteiger partial charge in [-0.05, 0) is 62.1 Å². The van der Waals surface area contributed by atoms with Crippen LogP contribution in [-0.2, 0) is 17.8 Å². The van der Waals surface area contributed by atoms with E-state index in [1.807, 2.05) is 38.1 Å². The van der Waals surface area contributed by atoms with Gasteiger partial charge in [-0.3, -0.25) is 4.79 Å². The molecule has 6 heteroatoms. The molecular formula is C25H32ClN3O2. The molecule has 0 spiro atoms. The lowest BCUT2D eigenvalue weighted by molar-refractivity contribution is -0.120. The zero-order valence-corrected chi connectivity index (χ0v) is 19.3. The number of aromatic nitrogens is 2. The third-order valence-electron chi connectivity index (χ3n) is 5.38. The Morgan fingerprint density at radius 1 is 1.13 bits per heavy atom. The number of carbonyl (C=O) groups is 1. The SMILES string of the molecule is CCC(=O)NCCCCCc1nc2ccccc2n1CCCOc1ccc(Cl)c(C)c1. The van der Waals surface area contributed by atoms with E-state index < -0.39 is 0 Å². The van der Waals surface area contributed by atoms with Gasteiger partial charge in [0.2, 0.25) is 5.91 Å². The van der Waals surface area contributed by atoms with Crippen LogP contribution in [0.3, 0.4) is 0 Å². The van der Waals surface area contributed by atoms with E-state index in [1.54, 1.807) is 0 Å². The van der Waals surface area contributed by atoms with Crippen LogP contribution in [0.1, 0.15) is 50.4 Å². The number of aryl methyl sites for hydroxylation is 3. The lowest BCUT2D eigenvalue weighted by atomic mass is 10.2. The fraction of sp³-hybridized carbons (Fsp3) is 0.440. The summed E-state index contributed by atoms with van der Waals surface area (Å²) >= 11 is 6.09. The highest BCUT2D eigenvalue weighted by Crippen LogP contribution is 2.22. The number of para-hydroxylation sites is 2. The minimum absolute atomic E-state index is 0.123. The number of nitrogens with zero attached hydrogens (tertiary/aromatic N) is 2. The van der Waals surface area contributed by atoms with Gasteiger partial charge in [0.05, 0.1) is 17.6 Å². The standard InChI is InChI=1S/C25H32ClN3O2/c1-3-25(30)27-15-8-4-5-12-24-28-22-10-6-7-11-23(22)29(24)16-9-17-31-20-13-14-21(26)19(2)18-20/h6-7,10-11,13-14,18H,3-5,8-9,12,15-17H2,1-2H3,(H,27,30). The Bertz CT molecular complexity index is 1000. The Kier molecular flexibility index (Phi) is 8.77. The molecule has 0 aliphatic rings. The molecule has 1 aromatic heterocycles. The number of unbranched alkanes of at least 4 members (excludes halogenated alkanes) is 2. The van der Waals surface area contributed by atoms with Crippen molar-refractivity contribution in [3.63, 3.8) is 0 Å². The van der Waals surface area contributed by atoms with Gasteiger partial charge < -0.3 is 14.6 Å². The molecule has 0 aliphatic heterocycles. The Labute approximate surface area is 189 Å². The predicted octanol–water partition coefficient (Wildman–Crippen LogP) is 5.71. The predicted molar refractivity (Wildman–Crippen MR) is 127 cm³/mol. The molecule has 0 saturated carbocycles. The molecule has 0 fully saturated rings. The molecule has 1 N–H and O–H groups in total. The van der Waals surface area contributed by atoms with Gasteiger partial charge in [-0.15, -0.1) is 0 Å². The molecule has 2 aromatic carbocycles. The zero-order chi connectivity index (χ0) is 22.1. The Morgan fingerprint density at radius 3 is 2.77 bits per heavy atom. The van der Waals surface area contributed by atoms with Crippen molar-refractivity contribution in [1.29, 1.82) is 0 Å². The number of carbonyl (C=O) groups excluding carboxylic acids is 1. The molecular weight excluding hydrogens is 410 g/mol. The van der Waals surface area contributed by atoms with Crippen LogP contribution in [-0.4, -0.2) is 28.6 Å². The second kappa shape index (κ2) is 11.8. The third kappa shape index (κ3) is 6.73. The van der Waals surface area contributed by atoms with E-state index in [0.717, 1.165) is 72.9 Å². The maximum Gasteiger partial charge on any atom is 0.219 e. The molecule has 0 unspecified atom stereocenters. The van der Waals surface area contributed by atoms with Gasteiger partial charge in [0.1, 0.15) is 11.6 Å². The lowest BCUT2D eigenvalue weighted by Crippen LogP contribution is -2.23. The smallest absolute Gasteiger partial charge is 0.219 e. The summed E-state index contributed by atoms with van der Waals surface area (Å²) in [4.78, 5) is 16.2. The summed E-state index contributed by atoms with van der Waals surface area (Å²) in [6.07, 6.45) is 5.52. The number of rotatable bonds is 12. The molecule has 0 bridgehead atoms. The number of amides is 1. The molecule has 31 heavy (non-hydrogen) atoms. The summed E-state index contributed by atoms with van der Waals surface area (Å²) in [6.45, 7) is 6.13. The molecule has 1 heterocycles. The molecule has 5 nitrogen and oxygen atoms in total. The van der Waals surface area contributed by atoms with Crippen LogP contribution in [0.25, 0.3) is 11.0 Å². The number of hydrogen-bond acceptors (Lipinski definition) is 3. The summed E-state index contributed by atoms with van der Waals surface area (Å²) in [6, 6.07) is 14.1. The van der Waals surface area contributed by atoms with Gasteiger partial charge in [-0.1, -0.05) is 37.1 Å². The number of halogens is 1. The Morgan fingerprint density at radius 2 is 1.97 bits per heavy atom. The Hall–Kier alpha value is -2.53. The molecule has 3 aromatic rings. The third-order valence-corrected chi connectivity index (χ3v) is 5.80. The molecule has 0 saturated heterocycles. The van der Waals surface area contributed by atoms with E-state index in [4.69, 9.17) is 21.3 Å². The van der Waals surface area contributed by atoms with E-state index in [-0.39, 0.29) is 5.91 Å². The minimum atomic E-state index is 0.123. The Balaban J connectivity index is 1.52. The highest BCUT2D eigenvalue weighted by atomic mass is 35.5. The first kappa shape index (κ1) is 23.1. The number of fused-ring (bicyclic) bond motifs is 1.